The van der Waals surface area contributed by atoms with Crippen LogP contribution < -0.4 is 4.74 Å². The number of benzene rings is 1. The predicted octanol–water partition coefficient (Wildman–Crippen LogP) is 2.56. The molecule has 4 rings (SSSR count). The van der Waals surface area contributed by atoms with Gasteiger partial charge in [0.1, 0.15) is 36.9 Å². The molecule has 1 saturated heterocycles. The Balaban J connectivity index is 1.28. The van der Waals surface area contributed by atoms with E-state index in [1.807, 2.05) is 16.7 Å². The third kappa shape index (κ3) is 5.16. The standard InChI is InChI=1S/C21H24FN5O2/c22-18-9-17(16-1-5-23-6-2-16)10-21(11-18)29-13-20(28)12-26-7-3-19(4-8-26)27-14-24-25-15-27/h1-2,5-6,9-11,14-15,19-20,28H,3-4,7-8,12-13H2. The maximum absolute atomic E-state index is 14.0. The number of piperidine rings is 1. The van der Waals surface area contributed by atoms with E-state index in [9.17, 15) is 9.50 Å². The zero-order valence-electron chi connectivity index (χ0n) is 16.1. The first-order valence-corrected chi connectivity index (χ1v) is 9.76. The second-order valence-electron chi connectivity index (χ2n) is 7.32. The predicted molar refractivity (Wildman–Crippen MR) is 106 cm³/mol. The highest BCUT2D eigenvalue weighted by Gasteiger charge is 2.22. The molecule has 2 aromatic heterocycles. The van der Waals surface area contributed by atoms with Crippen LogP contribution in [0.4, 0.5) is 4.39 Å². The van der Waals surface area contributed by atoms with E-state index in [4.69, 9.17) is 4.74 Å². The number of pyridine rings is 1. The molecule has 29 heavy (non-hydrogen) atoms. The van der Waals surface area contributed by atoms with Gasteiger partial charge in [0.15, 0.2) is 0 Å². The molecular formula is C21H24FN5O2. The smallest absolute Gasteiger partial charge is 0.127 e. The summed E-state index contributed by atoms with van der Waals surface area (Å²) in [5.74, 6) is 0.0297. The van der Waals surface area contributed by atoms with Crippen molar-refractivity contribution in [2.75, 3.05) is 26.2 Å². The highest BCUT2D eigenvalue weighted by Crippen LogP contribution is 2.26. The fourth-order valence-corrected chi connectivity index (χ4v) is 3.70. The van der Waals surface area contributed by atoms with E-state index in [2.05, 4.69) is 20.1 Å². The third-order valence-corrected chi connectivity index (χ3v) is 5.21. The average Bonchev–Trinajstić information content (AvgIpc) is 3.28. The number of likely N-dealkylation sites (tertiary alicyclic amines) is 1. The molecular weight excluding hydrogens is 373 g/mol. The van der Waals surface area contributed by atoms with Gasteiger partial charge in [-0.2, -0.15) is 0 Å². The molecule has 7 nitrogen and oxygen atoms in total. The number of aliphatic hydroxyl groups is 1. The Morgan fingerprint density at radius 1 is 1.07 bits per heavy atom. The maximum atomic E-state index is 14.0. The van der Waals surface area contributed by atoms with Crippen molar-refractivity contribution in [3.05, 3.63) is 61.2 Å². The van der Waals surface area contributed by atoms with Gasteiger partial charge in [-0.15, -0.1) is 10.2 Å². The van der Waals surface area contributed by atoms with Crippen LogP contribution in [0.25, 0.3) is 11.1 Å². The highest BCUT2D eigenvalue weighted by atomic mass is 19.1. The highest BCUT2D eigenvalue weighted by molar-refractivity contribution is 5.64. The summed E-state index contributed by atoms with van der Waals surface area (Å²) in [5.41, 5.74) is 1.58. The molecule has 1 aromatic carbocycles. The van der Waals surface area contributed by atoms with E-state index in [0.717, 1.165) is 31.5 Å². The lowest BCUT2D eigenvalue weighted by Gasteiger charge is -2.33. The van der Waals surface area contributed by atoms with E-state index < -0.39 is 6.10 Å². The Kier molecular flexibility index (Phi) is 6.12. The molecule has 0 bridgehead atoms. The van der Waals surface area contributed by atoms with Crippen molar-refractivity contribution in [1.29, 1.82) is 0 Å². The summed E-state index contributed by atoms with van der Waals surface area (Å²) in [6.45, 7) is 2.43. The summed E-state index contributed by atoms with van der Waals surface area (Å²) >= 11 is 0. The average molecular weight is 397 g/mol. The van der Waals surface area contributed by atoms with Crippen LogP contribution in [0.15, 0.2) is 55.4 Å². The van der Waals surface area contributed by atoms with Crippen LogP contribution in [0.2, 0.25) is 0 Å². The van der Waals surface area contributed by atoms with E-state index in [-0.39, 0.29) is 12.4 Å². The van der Waals surface area contributed by atoms with Crippen LogP contribution in [0, 0.1) is 5.82 Å². The quantitative estimate of drug-likeness (QED) is 0.660. The fourth-order valence-electron chi connectivity index (χ4n) is 3.70. The number of aliphatic hydroxyl groups excluding tert-OH is 1. The van der Waals surface area contributed by atoms with Crippen molar-refractivity contribution in [2.45, 2.75) is 25.0 Å². The maximum Gasteiger partial charge on any atom is 0.127 e. The minimum Gasteiger partial charge on any atom is -0.491 e. The fraction of sp³-hybridized carbons (Fsp3) is 0.381. The Bertz CT molecular complexity index is 899. The topological polar surface area (TPSA) is 76.3 Å². The van der Waals surface area contributed by atoms with Gasteiger partial charge in [-0.25, -0.2) is 4.39 Å². The van der Waals surface area contributed by atoms with Gasteiger partial charge in [0, 0.05) is 44.1 Å². The molecule has 1 N–H and O–H groups in total. The van der Waals surface area contributed by atoms with Gasteiger partial charge in [0.05, 0.1) is 0 Å². The van der Waals surface area contributed by atoms with E-state index in [1.165, 1.54) is 12.1 Å². The number of nitrogens with zero attached hydrogens (tertiary/aromatic N) is 5. The Morgan fingerprint density at radius 3 is 2.52 bits per heavy atom. The zero-order chi connectivity index (χ0) is 20.1. The minimum absolute atomic E-state index is 0.116. The van der Waals surface area contributed by atoms with Crippen molar-refractivity contribution in [1.82, 2.24) is 24.6 Å². The molecule has 0 amide bonds. The molecule has 1 unspecified atom stereocenters. The number of ether oxygens (including phenoxy) is 1. The lowest BCUT2D eigenvalue weighted by Crippen LogP contribution is -2.41. The lowest BCUT2D eigenvalue weighted by molar-refractivity contribution is 0.0557. The molecule has 1 fully saturated rings. The van der Waals surface area contributed by atoms with Gasteiger partial charge >= 0.3 is 0 Å². The molecule has 1 atom stereocenters. The summed E-state index contributed by atoms with van der Waals surface area (Å²) in [6.07, 6.45) is 8.17. The van der Waals surface area contributed by atoms with Gasteiger partial charge < -0.3 is 19.3 Å². The number of hydrogen-bond donors (Lipinski definition) is 1. The number of halogens is 1. The van der Waals surface area contributed by atoms with Crippen LogP contribution in [0.5, 0.6) is 5.75 Å². The molecule has 1 aliphatic heterocycles. The summed E-state index contributed by atoms with van der Waals surface area (Å²) in [5, 5.41) is 18.1. The first-order chi connectivity index (χ1) is 14.2. The van der Waals surface area contributed by atoms with E-state index in [0.29, 0.717) is 23.9 Å². The normalized spacial score (nSPS) is 16.6. The van der Waals surface area contributed by atoms with E-state index in [1.54, 1.807) is 31.1 Å². The number of rotatable bonds is 7. The zero-order valence-corrected chi connectivity index (χ0v) is 16.1. The summed E-state index contributed by atoms with van der Waals surface area (Å²) < 4.78 is 21.7. The molecule has 0 radical (unpaired) electrons. The van der Waals surface area contributed by atoms with Crippen LogP contribution in [-0.2, 0) is 0 Å². The summed E-state index contributed by atoms with van der Waals surface area (Å²) in [6, 6.07) is 8.61. The first-order valence-electron chi connectivity index (χ1n) is 9.76. The largest absolute Gasteiger partial charge is 0.491 e. The molecule has 3 heterocycles. The van der Waals surface area contributed by atoms with Crippen molar-refractivity contribution in [3.63, 3.8) is 0 Å². The second-order valence-corrected chi connectivity index (χ2v) is 7.32. The van der Waals surface area contributed by atoms with Crippen molar-refractivity contribution in [3.8, 4) is 16.9 Å². The lowest BCUT2D eigenvalue weighted by atomic mass is 10.0. The number of hydrogen-bond acceptors (Lipinski definition) is 6. The minimum atomic E-state index is -0.644. The Labute approximate surface area is 168 Å². The van der Waals surface area contributed by atoms with Gasteiger partial charge in [0.2, 0.25) is 0 Å². The second kappa shape index (κ2) is 9.11. The Morgan fingerprint density at radius 2 is 1.79 bits per heavy atom. The van der Waals surface area contributed by atoms with Gasteiger partial charge in [-0.3, -0.25) is 4.98 Å². The van der Waals surface area contributed by atoms with Gasteiger partial charge in [-0.1, -0.05) is 0 Å². The SMILES string of the molecule is OC(COc1cc(F)cc(-c2ccncc2)c1)CN1CCC(n2cnnc2)CC1. The number of β-amino-alcohol motifs (C(OH)–C–C–N with tert-alkyl or cyclic N) is 1. The molecule has 0 spiro atoms. The van der Waals surface area contributed by atoms with Crippen LogP contribution in [0.1, 0.15) is 18.9 Å². The van der Waals surface area contributed by atoms with Crippen LogP contribution >= 0.6 is 0 Å². The third-order valence-electron chi connectivity index (χ3n) is 5.21. The molecule has 0 aliphatic carbocycles. The van der Waals surface area contributed by atoms with Crippen molar-refractivity contribution in [2.24, 2.45) is 0 Å². The molecule has 0 saturated carbocycles. The van der Waals surface area contributed by atoms with Crippen molar-refractivity contribution < 1.29 is 14.2 Å². The van der Waals surface area contributed by atoms with Gasteiger partial charge in [0.25, 0.3) is 0 Å². The first kappa shape index (κ1) is 19.5. The van der Waals surface area contributed by atoms with Crippen LogP contribution in [0.3, 0.4) is 0 Å². The van der Waals surface area contributed by atoms with Crippen LogP contribution in [-0.4, -0.2) is 62.1 Å². The monoisotopic (exact) mass is 397 g/mol. The summed E-state index contributed by atoms with van der Waals surface area (Å²) in [7, 11) is 0. The summed E-state index contributed by atoms with van der Waals surface area (Å²) in [4.78, 5) is 6.20. The molecule has 152 valence electrons. The number of aromatic nitrogens is 4. The molecule has 1 aliphatic rings. The molecule has 8 heteroatoms. The van der Waals surface area contributed by atoms with E-state index >= 15 is 0 Å². The van der Waals surface area contributed by atoms with Gasteiger partial charge in [-0.05, 0) is 48.2 Å². The van der Waals surface area contributed by atoms with Crippen molar-refractivity contribution >= 4 is 0 Å². The Hall–Kier alpha value is -2.84. The molecule has 3 aromatic rings.